The predicted molar refractivity (Wildman–Crippen MR) is 76.6 cm³/mol. The smallest absolute Gasteiger partial charge is 0.249 e. The van der Waals surface area contributed by atoms with Crippen LogP contribution in [0.15, 0.2) is 12.4 Å². The highest BCUT2D eigenvalue weighted by molar-refractivity contribution is 5.81. The van der Waals surface area contributed by atoms with Crippen molar-refractivity contribution in [3.63, 3.8) is 0 Å². The van der Waals surface area contributed by atoms with Crippen LogP contribution in [0.25, 0.3) is 0 Å². The molecular formula is C15H23N3O3. The fourth-order valence-electron chi connectivity index (χ4n) is 3.12. The Kier molecular flexibility index (Phi) is 4.26. The summed E-state index contributed by atoms with van der Waals surface area (Å²) < 4.78 is 13.5. The number of hydrogen-bond acceptors (Lipinski definition) is 4. The van der Waals surface area contributed by atoms with E-state index in [0.717, 1.165) is 31.5 Å². The van der Waals surface area contributed by atoms with E-state index < -0.39 is 0 Å². The Balaban J connectivity index is 1.62. The van der Waals surface area contributed by atoms with Crippen molar-refractivity contribution in [2.24, 2.45) is 7.05 Å². The Bertz CT molecular complexity index is 502. The summed E-state index contributed by atoms with van der Waals surface area (Å²) in [5.74, 6) is 0.845. The van der Waals surface area contributed by atoms with Crippen LogP contribution in [0.5, 0.6) is 0 Å². The van der Waals surface area contributed by atoms with Gasteiger partial charge in [-0.2, -0.15) is 0 Å². The molecule has 2 aliphatic heterocycles. The number of amides is 1. The third kappa shape index (κ3) is 2.96. The maximum atomic E-state index is 12.3. The Morgan fingerprint density at radius 1 is 1.48 bits per heavy atom. The fourth-order valence-corrected chi connectivity index (χ4v) is 3.12. The summed E-state index contributed by atoms with van der Waals surface area (Å²) in [6.07, 6.45) is 6.95. The number of hydrogen-bond donors (Lipinski definition) is 1. The SMILES string of the molecule is CCC1CCC(C(=O)N[C@H]2CCO[C@@H]2c2nccn2C)O1. The van der Waals surface area contributed by atoms with E-state index in [9.17, 15) is 4.79 Å². The highest BCUT2D eigenvalue weighted by atomic mass is 16.5. The van der Waals surface area contributed by atoms with E-state index in [1.807, 2.05) is 17.8 Å². The van der Waals surface area contributed by atoms with Gasteiger partial charge in [0.1, 0.15) is 18.0 Å². The summed E-state index contributed by atoms with van der Waals surface area (Å²) in [7, 11) is 1.94. The van der Waals surface area contributed by atoms with E-state index in [4.69, 9.17) is 9.47 Å². The minimum Gasteiger partial charge on any atom is -0.368 e. The lowest BCUT2D eigenvalue weighted by Gasteiger charge is -2.21. The zero-order chi connectivity index (χ0) is 14.8. The summed E-state index contributed by atoms with van der Waals surface area (Å²) in [6, 6.07) is -0.0251. The number of ether oxygens (including phenoxy) is 2. The fraction of sp³-hybridized carbons (Fsp3) is 0.733. The van der Waals surface area contributed by atoms with Gasteiger partial charge in [0.25, 0.3) is 0 Å². The summed E-state index contributed by atoms with van der Waals surface area (Å²) in [5, 5.41) is 3.09. The number of nitrogens with one attached hydrogen (secondary N) is 1. The maximum absolute atomic E-state index is 12.3. The van der Waals surface area contributed by atoms with Crippen molar-refractivity contribution in [2.75, 3.05) is 6.61 Å². The largest absolute Gasteiger partial charge is 0.368 e. The third-order valence-electron chi connectivity index (χ3n) is 4.39. The van der Waals surface area contributed by atoms with Gasteiger partial charge in [0.15, 0.2) is 0 Å². The lowest BCUT2D eigenvalue weighted by Crippen LogP contribution is -2.43. The second-order valence-electron chi connectivity index (χ2n) is 5.82. The van der Waals surface area contributed by atoms with Crippen LogP contribution in [0.1, 0.15) is 44.5 Å². The molecule has 3 rings (SSSR count). The molecule has 0 bridgehead atoms. The van der Waals surface area contributed by atoms with Gasteiger partial charge in [0.2, 0.25) is 5.91 Å². The molecule has 0 aromatic carbocycles. The molecule has 0 spiro atoms. The van der Waals surface area contributed by atoms with Gasteiger partial charge in [0, 0.05) is 26.0 Å². The van der Waals surface area contributed by atoms with E-state index in [2.05, 4.69) is 17.2 Å². The minimum absolute atomic E-state index is 0.0133. The molecule has 1 aromatic heterocycles. The second-order valence-corrected chi connectivity index (χ2v) is 5.82. The Morgan fingerprint density at radius 3 is 3.00 bits per heavy atom. The molecule has 6 nitrogen and oxygen atoms in total. The first-order valence-electron chi connectivity index (χ1n) is 7.73. The summed E-state index contributed by atoms with van der Waals surface area (Å²) in [6.45, 7) is 2.73. The Hall–Kier alpha value is -1.40. The number of aryl methyl sites for hydroxylation is 1. The Morgan fingerprint density at radius 2 is 2.33 bits per heavy atom. The monoisotopic (exact) mass is 293 g/mol. The van der Waals surface area contributed by atoms with Gasteiger partial charge < -0.3 is 19.4 Å². The quantitative estimate of drug-likeness (QED) is 0.909. The third-order valence-corrected chi connectivity index (χ3v) is 4.39. The van der Waals surface area contributed by atoms with Crippen LogP contribution in [-0.2, 0) is 21.3 Å². The maximum Gasteiger partial charge on any atom is 0.249 e. The molecule has 0 aliphatic carbocycles. The van der Waals surface area contributed by atoms with Gasteiger partial charge in [-0.1, -0.05) is 6.92 Å². The van der Waals surface area contributed by atoms with Crippen molar-refractivity contribution < 1.29 is 14.3 Å². The molecule has 0 saturated carbocycles. The number of aromatic nitrogens is 2. The lowest BCUT2D eigenvalue weighted by atomic mass is 10.1. The van der Waals surface area contributed by atoms with Crippen molar-refractivity contribution in [3.8, 4) is 0 Å². The molecule has 21 heavy (non-hydrogen) atoms. The highest BCUT2D eigenvalue weighted by Crippen LogP contribution is 2.29. The van der Waals surface area contributed by atoms with E-state index >= 15 is 0 Å². The summed E-state index contributed by atoms with van der Waals surface area (Å²) in [5.41, 5.74) is 0. The van der Waals surface area contributed by atoms with E-state index in [-0.39, 0.29) is 30.3 Å². The first-order valence-corrected chi connectivity index (χ1v) is 7.73. The number of imidazole rings is 1. The molecule has 2 saturated heterocycles. The van der Waals surface area contributed by atoms with Gasteiger partial charge in [-0.25, -0.2) is 4.98 Å². The van der Waals surface area contributed by atoms with Crippen molar-refractivity contribution in [3.05, 3.63) is 18.2 Å². The van der Waals surface area contributed by atoms with Crippen molar-refractivity contribution >= 4 is 5.91 Å². The van der Waals surface area contributed by atoms with Crippen LogP contribution in [0.2, 0.25) is 0 Å². The average Bonchev–Trinajstić information content (AvgIpc) is 3.18. The number of carbonyl (C=O) groups is 1. The highest BCUT2D eigenvalue weighted by Gasteiger charge is 2.36. The van der Waals surface area contributed by atoms with Crippen LogP contribution in [0, 0.1) is 0 Å². The van der Waals surface area contributed by atoms with Gasteiger partial charge in [-0.15, -0.1) is 0 Å². The van der Waals surface area contributed by atoms with Crippen LogP contribution in [-0.4, -0.2) is 40.3 Å². The van der Waals surface area contributed by atoms with Gasteiger partial charge in [-0.05, 0) is 25.7 Å². The summed E-state index contributed by atoms with van der Waals surface area (Å²) in [4.78, 5) is 16.7. The van der Waals surface area contributed by atoms with Gasteiger partial charge in [-0.3, -0.25) is 4.79 Å². The molecule has 2 fully saturated rings. The molecule has 1 aromatic rings. The minimum atomic E-state index is -0.308. The van der Waals surface area contributed by atoms with Crippen molar-refractivity contribution in [2.45, 2.75) is 57.0 Å². The zero-order valence-corrected chi connectivity index (χ0v) is 12.6. The van der Waals surface area contributed by atoms with Gasteiger partial charge >= 0.3 is 0 Å². The zero-order valence-electron chi connectivity index (χ0n) is 12.6. The van der Waals surface area contributed by atoms with Crippen LogP contribution in [0.4, 0.5) is 0 Å². The number of nitrogens with zero attached hydrogens (tertiary/aromatic N) is 2. The molecule has 2 unspecified atom stereocenters. The second kappa shape index (κ2) is 6.15. The molecule has 0 radical (unpaired) electrons. The normalized spacial score (nSPS) is 32.5. The molecule has 4 atom stereocenters. The average molecular weight is 293 g/mol. The van der Waals surface area contributed by atoms with Crippen LogP contribution < -0.4 is 5.32 Å². The van der Waals surface area contributed by atoms with Gasteiger partial charge in [0.05, 0.1) is 12.1 Å². The molecule has 2 aliphatic rings. The van der Waals surface area contributed by atoms with E-state index in [1.54, 1.807) is 6.20 Å². The number of carbonyl (C=O) groups excluding carboxylic acids is 1. The molecule has 1 amide bonds. The lowest BCUT2D eigenvalue weighted by molar-refractivity contribution is -0.133. The van der Waals surface area contributed by atoms with Crippen molar-refractivity contribution in [1.29, 1.82) is 0 Å². The molecule has 6 heteroatoms. The van der Waals surface area contributed by atoms with Crippen molar-refractivity contribution in [1.82, 2.24) is 14.9 Å². The predicted octanol–water partition coefficient (Wildman–Crippen LogP) is 1.32. The number of rotatable bonds is 4. The van der Waals surface area contributed by atoms with E-state index in [1.165, 1.54) is 0 Å². The first kappa shape index (κ1) is 14.5. The van der Waals surface area contributed by atoms with Crippen LogP contribution in [0.3, 0.4) is 0 Å². The molecule has 116 valence electrons. The summed E-state index contributed by atoms with van der Waals surface area (Å²) >= 11 is 0. The van der Waals surface area contributed by atoms with Crippen LogP contribution >= 0.6 is 0 Å². The standard InChI is InChI=1S/C15H23N3O3/c1-3-10-4-5-12(21-10)15(19)17-11-6-9-20-13(11)14-16-7-8-18(14)2/h7-8,10-13H,3-6,9H2,1-2H3,(H,17,19)/t10?,11-,12?,13-/m0/s1. The van der Waals surface area contributed by atoms with E-state index in [0.29, 0.717) is 6.61 Å². The Labute approximate surface area is 124 Å². The first-order chi connectivity index (χ1) is 10.2. The molecule has 1 N–H and O–H groups in total. The molecule has 3 heterocycles. The molecular weight excluding hydrogens is 270 g/mol. The topological polar surface area (TPSA) is 65.4 Å².